The number of hydrogen-bond donors (Lipinski definition) is 2. The van der Waals surface area contributed by atoms with Crippen LogP contribution < -0.4 is 4.72 Å². The van der Waals surface area contributed by atoms with Crippen LogP contribution in [0.2, 0.25) is 0 Å². The van der Waals surface area contributed by atoms with E-state index in [0.29, 0.717) is 0 Å². The van der Waals surface area contributed by atoms with Gasteiger partial charge in [-0.25, -0.2) is 0 Å². The first-order valence-corrected chi connectivity index (χ1v) is 5.56. The molecular weight excluding hydrogens is 204 g/mol. The molecule has 2 N–H and O–H groups in total. The van der Waals surface area contributed by atoms with Gasteiger partial charge >= 0.3 is 0 Å². The van der Waals surface area contributed by atoms with Crippen molar-refractivity contribution in [3.05, 3.63) is 18.0 Å². The van der Waals surface area contributed by atoms with Crippen LogP contribution in [-0.4, -0.2) is 37.0 Å². The Balaban J connectivity index is 2.71. The van der Waals surface area contributed by atoms with Crippen molar-refractivity contribution in [2.24, 2.45) is 0 Å². The zero-order chi connectivity index (χ0) is 10.8. The second kappa shape index (κ2) is 4.07. The van der Waals surface area contributed by atoms with Crippen molar-refractivity contribution >= 4 is 10.2 Å². The van der Waals surface area contributed by atoms with Gasteiger partial charge in [-0.3, -0.25) is 5.10 Å². The van der Waals surface area contributed by atoms with Crippen molar-refractivity contribution in [2.45, 2.75) is 13.0 Å². The molecule has 1 aromatic heterocycles. The van der Waals surface area contributed by atoms with Crippen molar-refractivity contribution in [1.82, 2.24) is 19.2 Å². The summed E-state index contributed by atoms with van der Waals surface area (Å²) in [7, 11) is -0.429. The zero-order valence-electron chi connectivity index (χ0n) is 8.35. The average molecular weight is 218 g/mol. The summed E-state index contributed by atoms with van der Waals surface area (Å²) in [6.45, 7) is 1.76. The average Bonchev–Trinajstić information content (AvgIpc) is 2.54. The summed E-state index contributed by atoms with van der Waals surface area (Å²) in [5.41, 5.74) is 0.801. The molecular formula is C7H14N4O2S. The van der Waals surface area contributed by atoms with Crippen molar-refractivity contribution < 1.29 is 8.42 Å². The lowest BCUT2D eigenvalue weighted by Gasteiger charge is -2.16. The van der Waals surface area contributed by atoms with E-state index in [2.05, 4.69) is 14.9 Å². The van der Waals surface area contributed by atoms with Gasteiger partial charge in [0.1, 0.15) is 0 Å². The molecule has 0 spiro atoms. The molecule has 0 bridgehead atoms. The maximum Gasteiger partial charge on any atom is 0.279 e. The largest absolute Gasteiger partial charge is 0.285 e. The van der Waals surface area contributed by atoms with Crippen LogP contribution in [0.3, 0.4) is 0 Å². The number of nitrogens with one attached hydrogen (secondary N) is 2. The van der Waals surface area contributed by atoms with E-state index in [9.17, 15) is 8.42 Å². The highest BCUT2D eigenvalue weighted by Gasteiger charge is 2.17. The molecule has 0 saturated heterocycles. The van der Waals surface area contributed by atoms with Crippen LogP contribution in [-0.2, 0) is 10.2 Å². The van der Waals surface area contributed by atoms with E-state index in [-0.39, 0.29) is 6.04 Å². The zero-order valence-corrected chi connectivity index (χ0v) is 9.17. The number of rotatable bonds is 4. The summed E-state index contributed by atoms with van der Waals surface area (Å²) in [5.74, 6) is 0. The van der Waals surface area contributed by atoms with E-state index >= 15 is 0 Å². The molecule has 0 aliphatic rings. The fourth-order valence-corrected chi connectivity index (χ4v) is 1.69. The molecule has 0 aliphatic heterocycles. The maximum absolute atomic E-state index is 11.4. The van der Waals surface area contributed by atoms with Crippen LogP contribution in [0.15, 0.2) is 12.4 Å². The SMILES string of the molecule is CC(NS(=O)(=O)N(C)C)c1cn[nH]c1. The molecule has 6 nitrogen and oxygen atoms in total. The number of hydrogen-bond acceptors (Lipinski definition) is 3. The number of aromatic nitrogens is 2. The van der Waals surface area contributed by atoms with Gasteiger partial charge in [-0.15, -0.1) is 0 Å². The molecule has 80 valence electrons. The van der Waals surface area contributed by atoms with Gasteiger partial charge in [-0.1, -0.05) is 0 Å². The number of aromatic amines is 1. The second-order valence-electron chi connectivity index (χ2n) is 3.16. The standard InChI is InChI=1S/C7H14N4O2S/c1-6(7-4-8-9-5-7)10-14(12,13)11(2)3/h4-6,10H,1-3H3,(H,8,9). The minimum Gasteiger partial charge on any atom is -0.285 e. The first kappa shape index (κ1) is 11.2. The Morgan fingerprint density at radius 1 is 1.57 bits per heavy atom. The lowest BCUT2D eigenvalue weighted by atomic mass is 10.2. The maximum atomic E-state index is 11.4. The highest BCUT2D eigenvalue weighted by molar-refractivity contribution is 7.87. The molecule has 14 heavy (non-hydrogen) atoms. The predicted octanol–water partition coefficient (Wildman–Crippen LogP) is -0.133. The summed E-state index contributed by atoms with van der Waals surface area (Å²) in [6.07, 6.45) is 3.24. The molecule has 0 fully saturated rings. The van der Waals surface area contributed by atoms with Gasteiger partial charge in [-0.2, -0.15) is 22.5 Å². The van der Waals surface area contributed by atoms with Crippen molar-refractivity contribution in [2.75, 3.05) is 14.1 Å². The van der Waals surface area contributed by atoms with Gasteiger partial charge < -0.3 is 0 Å². The molecule has 0 amide bonds. The monoisotopic (exact) mass is 218 g/mol. The molecule has 1 aromatic rings. The van der Waals surface area contributed by atoms with Crippen LogP contribution in [0.1, 0.15) is 18.5 Å². The van der Waals surface area contributed by atoms with Crippen molar-refractivity contribution in [1.29, 1.82) is 0 Å². The summed E-state index contributed by atoms with van der Waals surface area (Å²) >= 11 is 0. The lowest BCUT2D eigenvalue weighted by Crippen LogP contribution is -2.37. The Morgan fingerprint density at radius 2 is 2.21 bits per heavy atom. The van der Waals surface area contributed by atoms with Gasteiger partial charge in [0.15, 0.2) is 0 Å². The van der Waals surface area contributed by atoms with E-state index in [0.717, 1.165) is 9.87 Å². The molecule has 0 radical (unpaired) electrons. The third-order valence-corrected chi connectivity index (χ3v) is 3.44. The fraction of sp³-hybridized carbons (Fsp3) is 0.571. The number of nitrogens with zero attached hydrogens (tertiary/aromatic N) is 2. The minimum absolute atomic E-state index is 0.291. The molecule has 0 saturated carbocycles. The minimum atomic E-state index is -3.38. The Labute approximate surface area is 83.5 Å². The van der Waals surface area contributed by atoms with Gasteiger partial charge in [-0.05, 0) is 6.92 Å². The third-order valence-electron chi connectivity index (χ3n) is 1.83. The highest BCUT2D eigenvalue weighted by atomic mass is 32.2. The van der Waals surface area contributed by atoms with Crippen LogP contribution in [0.5, 0.6) is 0 Å². The Morgan fingerprint density at radius 3 is 2.64 bits per heavy atom. The van der Waals surface area contributed by atoms with E-state index in [1.807, 2.05) is 0 Å². The summed E-state index contributed by atoms with van der Waals surface area (Å²) in [6, 6.07) is -0.291. The summed E-state index contributed by atoms with van der Waals surface area (Å²) in [5, 5.41) is 6.37. The Kier molecular flexibility index (Phi) is 3.25. The predicted molar refractivity (Wildman–Crippen MR) is 52.7 cm³/mol. The topological polar surface area (TPSA) is 78.1 Å². The van der Waals surface area contributed by atoms with Gasteiger partial charge in [0, 0.05) is 31.9 Å². The van der Waals surface area contributed by atoms with Crippen molar-refractivity contribution in [3.63, 3.8) is 0 Å². The van der Waals surface area contributed by atoms with Crippen LogP contribution >= 0.6 is 0 Å². The van der Waals surface area contributed by atoms with E-state index < -0.39 is 10.2 Å². The molecule has 1 unspecified atom stereocenters. The molecule has 1 heterocycles. The Hall–Kier alpha value is -0.920. The van der Waals surface area contributed by atoms with Gasteiger partial charge in [0.2, 0.25) is 0 Å². The third kappa shape index (κ3) is 2.53. The second-order valence-corrected chi connectivity index (χ2v) is 5.07. The molecule has 0 aromatic carbocycles. The molecule has 7 heteroatoms. The first-order chi connectivity index (χ1) is 6.43. The Bertz CT molecular complexity index is 370. The summed E-state index contributed by atoms with van der Waals surface area (Å²) < 4.78 is 26.5. The number of H-pyrrole nitrogens is 1. The normalized spacial score (nSPS) is 14.6. The highest BCUT2D eigenvalue weighted by Crippen LogP contribution is 2.10. The van der Waals surface area contributed by atoms with Crippen LogP contribution in [0.25, 0.3) is 0 Å². The van der Waals surface area contributed by atoms with Crippen molar-refractivity contribution in [3.8, 4) is 0 Å². The molecule has 1 atom stereocenters. The molecule has 1 rings (SSSR count). The van der Waals surface area contributed by atoms with Gasteiger partial charge in [0.25, 0.3) is 10.2 Å². The quantitative estimate of drug-likeness (QED) is 0.738. The fourth-order valence-electron chi connectivity index (χ4n) is 0.895. The van der Waals surface area contributed by atoms with E-state index in [1.54, 1.807) is 19.3 Å². The van der Waals surface area contributed by atoms with Gasteiger partial charge in [0.05, 0.1) is 6.20 Å². The van der Waals surface area contributed by atoms with Crippen LogP contribution in [0.4, 0.5) is 0 Å². The smallest absolute Gasteiger partial charge is 0.279 e. The van der Waals surface area contributed by atoms with E-state index in [1.165, 1.54) is 14.1 Å². The van der Waals surface area contributed by atoms with E-state index in [4.69, 9.17) is 0 Å². The molecule has 0 aliphatic carbocycles. The van der Waals surface area contributed by atoms with Crippen LogP contribution in [0, 0.1) is 0 Å². The summed E-state index contributed by atoms with van der Waals surface area (Å²) in [4.78, 5) is 0. The lowest BCUT2D eigenvalue weighted by molar-refractivity contribution is 0.494. The first-order valence-electron chi connectivity index (χ1n) is 4.12.